The third-order valence-corrected chi connectivity index (χ3v) is 6.42. The van der Waals surface area contributed by atoms with Crippen molar-refractivity contribution >= 4 is 33.3 Å². The molecule has 29 heavy (non-hydrogen) atoms. The Kier molecular flexibility index (Phi) is 6.54. The highest BCUT2D eigenvalue weighted by Gasteiger charge is 2.14. The largest absolute Gasteiger partial charge is 0.339 e. The first-order valence-corrected chi connectivity index (χ1v) is 11.4. The summed E-state index contributed by atoms with van der Waals surface area (Å²) in [7, 11) is -2.16. The van der Waals surface area contributed by atoms with E-state index in [1.165, 1.54) is 25.1 Å². The van der Waals surface area contributed by atoms with Gasteiger partial charge in [-0.05, 0) is 49.2 Å². The molecule has 1 heterocycles. The van der Waals surface area contributed by atoms with Crippen molar-refractivity contribution in [2.75, 3.05) is 18.6 Å². The van der Waals surface area contributed by atoms with Crippen LogP contribution in [0.3, 0.4) is 0 Å². The molecular formula is C21H20N4O2S2. The average Bonchev–Trinajstić information content (AvgIpc) is 2.74. The standard InChI is InChI=1S/C21H20N4O2S2/c1-4-15-6-5-7-16(10-15)11-17-12-21(24-14-23-17)25-19-13-18(29(26,27)22-2)8-9-20(19)28-3/h1,5-10,12-14,22H,11H2,2-3H3,(H,23,24,25). The lowest BCUT2D eigenvalue weighted by Crippen LogP contribution is -2.18. The third-order valence-electron chi connectivity index (χ3n) is 4.22. The molecule has 0 atom stereocenters. The van der Waals surface area contributed by atoms with Gasteiger partial charge in [0.25, 0.3) is 0 Å². The number of anilines is 2. The first kappa shape index (κ1) is 20.9. The Bertz CT molecular complexity index is 1170. The Morgan fingerprint density at radius 2 is 1.97 bits per heavy atom. The topological polar surface area (TPSA) is 84.0 Å². The van der Waals surface area contributed by atoms with Crippen molar-refractivity contribution < 1.29 is 8.42 Å². The number of rotatable bonds is 7. The molecule has 6 nitrogen and oxygen atoms in total. The van der Waals surface area contributed by atoms with Gasteiger partial charge in [-0.2, -0.15) is 0 Å². The van der Waals surface area contributed by atoms with E-state index in [2.05, 4.69) is 25.9 Å². The lowest BCUT2D eigenvalue weighted by Gasteiger charge is -2.13. The molecule has 0 aliphatic heterocycles. The number of nitrogens with one attached hydrogen (secondary N) is 2. The maximum absolute atomic E-state index is 12.1. The predicted molar refractivity (Wildman–Crippen MR) is 117 cm³/mol. The van der Waals surface area contributed by atoms with Crippen LogP contribution < -0.4 is 10.0 Å². The lowest BCUT2D eigenvalue weighted by atomic mass is 10.1. The smallest absolute Gasteiger partial charge is 0.240 e. The minimum absolute atomic E-state index is 0.181. The zero-order valence-corrected chi connectivity index (χ0v) is 17.6. The van der Waals surface area contributed by atoms with Gasteiger partial charge in [-0.1, -0.05) is 18.1 Å². The molecule has 3 rings (SSSR count). The van der Waals surface area contributed by atoms with Crippen LogP contribution in [-0.2, 0) is 16.4 Å². The summed E-state index contributed by atoms with van der Waals surface area (Å²) in [5.41, 5.74) is 3.35. The van der Waals surface area contributed by atoms with Crippen molar-refractivity contribution in [2.24, 2.45) is 0 Å². The van der Waals surface area contributed by atoms with Gasteiger partial charge in [0, 0.05) is 22.9 Å². The van der Waals surface area contributed by atoms with E-state index in [0.717, 1.165) is 21.7 Å². The molecule has 0 bridgehead atoms. The highest BCUT2D eigenvalue weighted by Crippen LogP contribution is 2.30. The van der Waals surface area contributed by atoms with Gasteiger partial charge in [0.15, 0.2) is 0 Å². The van der Waals surface area contributed by atoms with Crippen molar-refractivity contribution in [3.05, 3.63) is 71.7 Å². The Hall–Kier alpha value is -2.86. The Balaban J connectivity index is 1.88. The summed E-state index contributed by atoms with van der Waals surface area (Å²) in [4.78, 5) is 9.68. The summed E-state index contributed by atoms with van der Waals surface area (Å²) >= 11 is 1.51. The molecule has 0 saturated heterocycles. The van der Waals surface area contributed by atoms with Gasteiger partial charge in [-0.25, -0.2) is 23.1 Å². The Morgan fingerprint density at radius 1 is 1.14 bits per heavy atom. The minimum atomic E-state index is -3.54. The summed E-state index contributed by atoms with van der Waals surface area (Å²) < 4.78 is 26.6. The quantitative estimate of drug-likeness (QED) is 0.447. The summed E-state index contributed by atoms with van der Waals surface area (Å²) in [5, 5.41) is 3.21. The monoisotopic (exact) mass is 424 g/mol. The van der Waals surface area contributed by atoms with Crippen molar-refractivity contribution in [1.82, 2.24) is 14.7 Å². The molecule has 0 amide bonds. The van der Waals surface area contributed by atoms with Gasteiger partial charge >= 0.3 is 0 Å². The van der Waals surface area contributed by atoms with E-state index in [0.29, 0.717) is 17.9 Å². The second kappa shape index (κ2) is 9.09. The molecule has 3 aromatic rings. The molecule has 0 spiro atoms. The van der Waals surface area contributed by atoms with Crippen molar-refractivity contribution in [1.29, 1.82) is 0 Å². The highest BCUT2D eigenvalue weighted by molar-refractivity contribution is 7.98. The fraction of sp³-hybridized carbons (Fsp3) is 0.143. The molecule has 2 aromatic carbocycles. The van der Waals surface area contributed by atoms with Crippen LogP contribution in [0.5, 0.6) is 0 Å². The van der Waals surface area contributed by atoms with Crippen molar-refractivity contribution in [2.45, 2.75) is 16.2 Å². The number of benzene rings is 2. The molecule has 0 aliphatic rings. The van der Waals surface area contributed by atoms with Crippen LogP contribution in [-0.4, -0.2) is 31.7 Å². The number of hydrogen-bond donors (Lipinski definition) is 2. The minimum Gasteiger partial charge on any atom is -0.339 e. The van der Waals surface area contributed by atoms with Gasteiger partial charge in [0.2, 0.25) is 10.0 Å². The summed E-state index contributed by atoms with van der Waals surface area (Å²) in [6.45, 7) is 0. The molecular weight excluding hydrogens is 404 g/mol. The number of aromatic nitrogens is 2. The zero-order chi connectivity index (χ0) is 20.9. The molecule has 2 N–H and O–H groups in total. The lowest BCUT2D eigenvalue weighted by molar-refractivity contribution is 0.588. The second-order valence-corrected chi connectivity index (χ2v) is 8.85. The number of hydrogen-bond acceptors (Lipinski definition) is 6. The van der Waals surface area contributed by atoms with Crippen LogP contribution in [0.4, 0.5) is 11.5 Å². The fourth-order valence-corrected chi connectivity index (χ4v) is 4.04. The van der Waals surface area contributed by atoms with Gasteiger partial charge in [-0.15, -0.1) is 18.2 Å². The summed E-state index contributed by atoms with van der Waals surface area (Å²) in [5.74, 6) is 3.21. The average molecular weight is 425 g/mol. The maximum atomic E-state index is 12.1. The van der Waals surface area contributed by atoms with Gasteiger partial charge in [-0.3, -0.25) is 0 Å². The van der Waals surface area contributed by atoms with Crippen molar-refractivity contribution in [3.63, 3.8) is 0 Å². The van der Waals surface area contributed by atoms with Crippen LogP contribution >= 0.6 is 11.8 Å². The van der Waals surface area contributed by atoms with E-state index in [1.807, 2.05) is 36.6 Å². The van der Waals surface area contributed by atoms with E-state index in [-0.39, 0.29) is 4.90 Å². The molecule has 0 fully saturated rings. The maximum Gasteiger partial charge on any atom is 0.240 e. The number of nitrogens with zero attached hydrogens (tertiary/aromatic N) is 2. The first-order chi connectivity index (χ1) is 13.9. The van der Waals surface area contributed by atoms with E-state index >= 15 is 0 Å². The van der Waals surface area contributed by atoms with Crippen LogP contribution in [0.1, 0.15) is 16.8 Å². The Labute approximate surface area is 175 Å². The zero-order valence-electron chi connectivity index (χ0n) is 16.0. The molecule has 0 radical (unpaired) electrons. The van der Waals surface area contributed by atoms with Gasteiger partial charge < -0.3 is 5.32 Å². The molecule has 0 saturated carbocycles. The predicted octanol–water partition coefficient (Wildman–Crippen LogP) is 3.42. The highest BCUT2D eigenvalue weighted by atomic mass is 32.2. The molecule has 0 unspecified atom stereocenters. The molecule has 0 aliphatic carbocycles. The molecule has 8 heteroatoms. The SMILES string of the molecule is C#Cc1cccc(Cc2cc(Nc3cc(S(=O)(=O)NC)ccc3SC)ncn2)c1. The summed E-state index contributed by atoms with van der Waals surface area (Å²) in [6, 6.07) is 14.5. The molecule has 1 aromatic heterocycles. The van der Waals surface area contributed by atoms with Gasteiger partial charge in [0.1, 0.15) is 12.1 Å². The Morgan fingerprint density at radius 3 is 2.69 bits per heavy atom. The fourth-order valence-electron chi connectivity index (χ4n) is 2.75. The molecule has 148 valence electrons. The first-order valence-electron chi connectivity index (χ1n) is 8.70. The van der Waals surface area contributed by atoms with Crippen LogP contribution in [0.25, 0.3) is 0 Å². The van der Waals surface area contributed by atoms with Crippen molar-refractivity contribution in [3.8, 4) is 12.3 Å². The van der Waals surface area contributed by atoms with E-state index < -0.39 is 10.0 Å². The second-order valence-electron chi connectivity index (χ2n) is 6.11. The van der Waals surface area contributed by atoms with E-state index in [4.69, 9.17) is 6.42 Å². The summed E-state index contributed by atoms with van der Waals surface area (Å²) in [6.07, 6.45) is 9.48. The normalized spacial score (nSPS) is 11.1. The van der Waals surface area contributed by atoms with Crippen LogP contribution in [0, 0.1) is 12.3 Å². The number of terminal acetylenes is 1. The number of sulfonamides is 1. The van der Waals surface area contributed by atoms with Crippen LogP contribution in [0.2, 0.25) is 0 Å². The number of thioether (sulfide) groups is 1. The van der Waals surface area contributed by atoms with E-state index in [1.54, 1.807) is 18.2 Å². The van der Waals surface area contributed by atoms with Crippen LogP contribution in [0.15, 0.2) is 64.6 Å². The third kappa shape index (κ3) is 5.15. The van der Waals surface area contributed by atoms with Gasteiger partial charge in [0.05, 0.1) is 16.3 Å². The van der Waals surface area contributed by atoms with E-state index in [9.17, 15) is 8.42 Å².